The smallest absolute Gasteiger partial charge is 0.306 e. The molecule has 1 unspecified atom stereocenters. The van der Waals surface area contributed by atoms with Crippen LogP contribution in [-0.4, -0.2) is 74.9 Å². The van der Waals surface area contributed by atoms with Crippen molar-refractivity contribution in [3.8, 4) is 0 Å². The van der Waals surface area contributed by atoms with Crippen LogP contribution < -0.4 is 0 Å². The molecular weight excluding hydrogens is 220 g/mol. The highest BCUT2D eigenvalue weighted by Crippen LogP contribution is 2.16. The third-order valence-electron chi connectivity index (χ3n) is 3.67. The Hall–Kier alpha value is -0.650. The summed E-state index contributed by atoms with van der Waals surface area (Å²) in [5, 5.41) is 0. The summed E-state index contributed by atoms with van der Waals surface area (Å²) in [6.07, 6.45) is 1.72. The molecule has 0 aliphatic carbocycles. The SMILES string of the molecule is COC(=O)CCN1CCC(N2CCOCC2)C1. The highest BCUT2D eigenvalue weighted by molar-refractivity contribution is 5.69. The van der Waals surface area contributed by atoms with Crippen LogP contribution in [0.25, 0.3) is 0 Å². The second-order valence-electron chi connectivity index (χ2n) is 4.72. The van der Waals surface area contributed by atoms with E-state index in [9.17, 15) is 4.79 Å². The lowest BCUT2D eigenvalue weighted by atomic mass is 10.2. The van der Waals surface area contributed by atoms with Crippen LogP contribution >= 0.6 is 0 Å². The number of likely N-dealkylation sites (tertiary alicyclic amines) is 1. The third kappa shape index (κ3) is 3.66. The Balaban J connectivity index is 1.69. The summed E-state index contributed by atoms with van der Waals surface area (Å²) in [7, 11) is 1.45. The monoisotopic (exact) mass is 242 g/mol. The summed E-state index contributed by atoms with van der Waals surface area (Å²) in [4.78, 5) is 15.9. The summed E-state index contributed by atoms with van der Waals surface area (Å²) in [6.45, 7) is 6.83. The molecule has 0 spiro atoms. The van der Waals surface area contributed by atoms with Crippen molar-refractivity contribution in [2.24, 2.45) is 0 Å². The van der Waals surface area contributed by atoms with Crippen LogP contribution in [0.15, 0.2) is 0 Å². The Morgan fingerprint density at radius 3 is 2.82 bits per heavy atom. The van der Waals surface area contributed by atoms with Crippen LogP contribution in [0.5, 0.6) is 0 Å². The molecule has 0 saturated carbocycles. The van der Waals surface area contributed by atoms with Gasteiger partial charge in [0.05, 0.1) is 26.7 Å². The van der Waals surface area contributed by atoms with E-state index in [-0.39, 0.29) is 5.97 Å². The topological polar surface area (TPSA) is 42.0 Å². The predicted octanol–water partition coefficient (Wildman–Crippen LogP) is -0.0440. The molecule has 2 fully saturated rings. The Bertz CT molecular complexity index is 254. The fourth-order valence-electron chi connectivity index (χ4n) is 2.61. The molecule has 1 atom stereocenters. The van der Waals surface area contributed by atoms with Gasteiger partial charge in [0.15, 0.2) is 0 Å². The maximum absolute atomic E-state index is 11.1. The second-order valence-corrected chi connectivity index (χ2v) is 4.72. The van der Waals surface area contributed by atoms with E-state index < -0.39 is 0 Å². The van der Waals surface area contributed by atoms with Crippen molar-refractivity contribution in [2.75, 3.05) is 53.0 Å². The number of hydrogen-bond acceptors (Lipinski definition) is 5. The Morgan fingerprint density at radius 2 is 2.12 bits per heavy atom. The Morgan fingerprint density at radius 1 is 1.35 bits per heavy atom. The van der Waals surface area contributed by atoms with Gasteiger partial charge in [-0.05, 0) is 13.0 Å². The van der Waals surface area contributed by atoms with E-state index in [1.54, 1.807) is 0 Å². The van der Waals surface area contributed by atoms with Gasteiger partial charge in [-0.15, -0.1) is 0 Å². The largest absolute Gasteiger partial charge is 0.469 e. The molecule has 0 aromatic heterocycles. The minimum absolute atomic E-state index is 0.111. The van der Waals surface area contributed by atoms with Crippen molar-refractivity contribution in [3.63, 3.8) is 0 Å². The average molecular weight is 242 g/mol. The van der Waals surface area contributed by atoms with Gasteiger partial charge in [-0.25, -0.2) is 0 Å². The molecule has 2 rings (SSSR count). The number of nitrogens with zero attached hydrogens (tertiary/aromatic N) is 2. The molecule has 2 saturated heterocycles. The lowest BCUT2D eigenvalue weighted by Gasteiger charge is -2.32. The number of carbonyl (C=O) groups is 1. The fourth-order valence-corrected chi connectivity index (χ4v) is 2.61. The van der Waals surface area contributed by atoms with Crippen LogP contribution in [0.4, 0.5) is 0 Å². The fraction of sp³-hybridized carbons (Fsp3) is 0.917. The predicted molar refractivity (Wildman–Crippen MR) is 63.9 cm³/mol. The van der Waals surface area contributed by atoms with Gasteiger partial charge in [0.2, 0.25) is 0 Å². The standard InChI is InChI=1S/C12H22N2O3/c1-16-12(15)3-5-13-4-2-11(10-13)14-6-8-17-9-7-14/h11H,2-10H2,1H3. The average Bonchev–Trinajstić information content (AvgIpc) is 2.86. The van der Waals surface area contributed by atoms with Crippen LogP contribution in [0, 0.1) is 0 Å². The lowest BCUT2D eigenvalue weighted by Crippen LogP contribution is -2.44. The molecule has 5 heteroatoms. The van der Waals surface area contributed by atoms with Gasteiger partial charge in [-0.1, -0.05) is 0 Å². The number of carbonyl (C=O) groups excluding carboxylic acids is 1. The van der Waals surface area contributed by atoms with Crippen LogP contribution in [0.3, 0.4) is 0 Å². The highest BCUT2D eigenvalue weighted by atomic mass is 16.5. The van der Waals surface area contributed by atoms with Gasteiger partial charge >= 0.3 is 5.97 Å². The minimum atomic E-state index is -0.111. The molecule has 0 radical (unpaired) electrons. The van der Waals surface area contributed by atoms with Gasteiger partial charge in [-0.2, -0.15) is 0 Å². The summed E-state index contributed by atoms with van der Waals surface area (Å²) in [6, 6.07) is 0.650. The first kappa shape index (κ1) is 12.8. The van der Waals surface area contributed by atoms with E-state index in [4.69, 9.17) is 4.74 Å². The number of rotatable bonds is 4. The van der Waals surface area contributed by atoms with E-state index in [1.807, 2.05) is 0 Å². The molecule has 0 aromatic carbocycles. The molecule has 0 amide bonds. The first-order chi connectivity index (χ1) is 8.29. The lowest BCUT2D eigenvalue weighted by molar-refractivity contribution is -0.140. The van der Waals surface area contributed by atoms with Crippen molar-refractivity contribution in [1.82, 2.24) is 9.80 Å². The van der Waals surface area contributed by atoms with E-state index in [2.05, 4.69) is 14.5 Å². The van der Waals surface area contributed by atoms with E-state index >= 15 is 0 Å². The maximum Gasteiger partial charge on any atom is 0.306 e. The van der Waals surface area contributed by atoms with E-state index in [0.717, 1.165) is 45.9 Å². The first-order valence-corrected chi connectivity index (χ1v) is 6.40. The number of hydrogen-bond donors (Lipinski definition) is 0. The van der Waals surface area contributed by atoms with Crippen molar-refractivity contribution in [2.45, 2.75) is 18.9 Å². The van der Waals surface area contributed by atoms with Gasteiger partial charge in [0.25, 0.3) is 0 Å². The van der Waals surface area contributed by atoms with Gasteiger partial charge in [0.1, 0.15) is 0 Å². The zero-order chi connectivity index (χ0) is 12.1. The minimum Gasteiger partial charge on any atom is -0.469 e. The number of esters is 1. The van der Waals surface area contributed by atoms with E-state index in [1.165, 1.54) is 13.5 Å². The summed E-state index contributed by atoms with van der Waals surface area (Å²) in [5.41, 5.74) is 0. The summed E-state index contributed by atoms with van der Waals surface area (Å²) >= 11 is 0. The molecule has 2 heterocycles. The number of morpholine rings is 1. The normalized spacial score (nSPS) is 27.2. The molecular formula is C12H22N2O3. The summed E-state index contributed by atoms with van der Waals surface area (Å²) < 4.78 is 10.0. The van der Waals surface area contributed by atoms with Crippen molar-refractivity contribution in [1.29, 1.82) is 0 Å². The third-order valence-corrected chi connectivity index (χ3v) is 3.67. The molecule has 98 valence electrons. The quantitative estimate of drug-likeness (QED) is 0.647. The van der Waals surface area contributed by atoms with Gasteiger partial charge in [0, 0.05) is 32.2 Å². The maximum atomic E-state index is 11.1. The van der Waals surface area contributed by atoms with Gasteiger partial charge < -0.3 is 14.4 Å². The zero-order valence-corrected chi connectivity index (χ0v) is 10.6. The molecule has 0 bridgehead atoms. The van der Waals surface area contributed by atoms with Crippen LogP contribution in [-0.2, 0) is 14.3 Å². The molecule has 2 aliphatic heterocycles. The van der Waals surface area contributed by atoms with Gasteiger partial charge in [-0.3, -0.25) is 9.69 Å². The Labute approximate surface area is 103 Å². The van der Waals surface area contributed by atoms with Crippen LogP contribution in [0.2, 0.25) is 0 Å². The number of ether oxygens (including phenoxy) is 2. The summed E-state index contributed by atoms with van der Waals surface area (Å²) in [5.74, 6) is -0.111. The van der Waals surface area contributed by atoms with E-state index in [0.29, 0.717) is 12.5 Å². The zero-order valence-electron chi connectivity index (χ0n) is 10.6. The Kier molecular flexibility index (Phi) is 4.76. The highest BCUT2D eigenvalue weighted by Gasteiger charge is 2.28. The molecule has 2 aliphatic rings. The molecule has 0 N–H and O–H groups in total. The second kappa shape index (κ2) is 6.33. The van der Waals surface area contributed by atoms with Crippen molar-refractivity contribution < 1.29 is 14.3 Å². The first-order valence-electron chi connectivity index (χ1n) is 6.40. The molecule has 5 nitrogen and oxygen atoms in total. The molecule has 17 heavy (non-hydrogen) atoms. The van der Waals surface area contributed by atoms with Crippen LogP contribution in [0.1, 0.15) is 12.8 Å². The van der Waals surface area contributed by atoms with Crippen molar-refractivity contribution in [3.05, 3.63) is 0 Å². The van der Waals surface area contributed by atoms with Crippen molar-refractivity contribution >= 4 is 5.97 Å². The number of methoxy groups -OCH3 is 1. The molecule has 0 aromatic rings.